The first-order valence-electron chi connectivity index (χ1n) is 5.85. The molecule has 1 aromatic carbocycles. The van der Waals surface area contributed by atoms with Crippen LogP contribution in [0.4, 0.5) is 0 Å². The molecule has 0 unspecified atom stereocenters. The standard InChI is InChI=1S/C13H22N2O/c1-11(2)15(8-4-7-14)10-12-5-3-6-13(16)9-12/h3,5-6,9,11,16H,4,7-8,10,14H2,1-2H3. The average molecular weight is 222 g/mol. The summed E-state index contributed by atoms with van der Waals surface area (Å²) in [5.74, 6) is 0.333. The summed E-state index contributed by atoms with van der Waals surface area (Å²) in [5, 5.41) is 9.40. The molecule has 0 radical (unpaired) electrons. The van der Waals surface area contributed by atoms with E-state index in [-0.39, 0.29) is 0 Å². The van der Waals surface area contributed by atoms with Crippen LogP contribution < -0.4 is 5.73 Å². The molecule has 0 amide bonds. The SMILES string of the molecule is CC(C)N(CCCN)Cc1cccc(O)c1. The Kier molecular flexibility index (Phi) is 5.29. The van der Waals surface area contributed by atoms with Crippen molar-refractivity contribution < 1.29 is 5.11 Å². The van der Waals surface area contributed by atoms with E-state index in [4.69, 9.17) is 5.73 Å². The molecule has 90 valence electrons. The van der Waals surface area contributed by atoms with Crippen LogP contribution in [0.5, 0.6) is 5.75 Å². The summed E-state index contributed by atoms with van der Waals surface area (Å²) in [4.78, 5) is 2.36. The van der Waals surface area contributed by atoms with Gasteiger partial charge >= 0.3 is 0 Å². The molecule has 0 aliphatic rings. The van der Waals surface area contributed by atoms with Gasteiger partial charge in [0.15, 0.2) is 0 Å². The van der Waals surface area contributed by atoms with Gasteiger partial charge in [-0.3, -0.25) is 4.90 Å². The van der Waals surface area contributed by atoms with Crippen molar-refractivity contribution in [3.8, 4) is 5.75 Å². The first-order valence-corrected chi connectivity index (χ1v) is 5.85. The van der Waals surface area contributed by atoms with E-state index in [9.17, 15) is 5.11 Å². The predicted octanol–water partition coefficient (Wildman–Crippen LogP) is 1.95. The minimum Gasteiger partial charge on any atom is -0.508 e. The maximum absolute atomic E-state index is 9.40. The summed E-state index contributed by atoms with van der Waals surface area (Å²) in [6, 6.07) is 7.93. The molecule has 1 rings (SSSR count). The fraction of sp³-hybridized carbons (Fsp3) is 0.538. The Bertz CT molecular complexity index is 313. The van der Waals surface area contributed by atoms with E-state index < -0.39 is 0 Å². The quantitative estimate of drug-likeness (QED) is 0.773. The molecule has 0 aromatic heterocycles. The summed E-state index contributed by atoms with van der Waals surface area (Å²) < 4.78 is 0. The lowest BCUT2D eigenvalue weighted by Crippen LogP contribution is -2.32. The van der Waals surface area contributed by atoms with Crippen LogP contribution in [0.3, 0.4) is 0 Å². The number of phenolic OH excluding ortho intramolecular Hbond substituents is 1. The van der Waals surface area contributed by atoms with Crippen molar-refractivity contribution in [1.29, 1.82) is 0 Å². The zero-order valence-electron chi connectivity index (χ0n) is 10.2. The zero-order valence-corrected chi connectivity index (χ0v) is 10.2. The lowest BCUT2D eigenvalue weighted by Gasteiger charge is -2.26. The lowest BCUT2D eigenvalue weighted by atomic mass is 10.1. The summed E-state index contributed by atoms with van der Waals surface area (Å²) in [6.45, 7) is 6.96. The monoisotopic (exact) mass is 222 g/mol. The Balaban J connectivity index is 2.60. The molecule has 3 nitrogen and oxygen atoms in total. The van der Waals surface area contributed by atoms with Gasteiger partial charge in [-0.25, -0.2) is 0 Å². The second-order valence-corrected chi connectivity index (χ2v) is 4.38. The minimum atomic E-state index is 0.333. The van der Waals surface area contributed by atoms with Gasteiger partial charge in [0.1, 0.15) is 5.75 Å². The predicted molar refractivity (Wildman–Crippen MR) is 67.3 cm³/mol. The van der Waals surface area contributed by atoms with Crippen LogP contribution in [0.1, 0.15) is 25.8 Å². The van der Waals surface area contributed by atoms with Gasteiger partial charge < -0.3 is 10.8 Å². The molecule has 0 saturated carbocycles. The molecule has 3 N–H and O–H groups in total. The molecule has 0 saturated heterocycles. The van der Waals surface area contributed by atoms with Crippen molar-refractivity contribution in [2.45, 2.75) is 32.9 Å². The van der Waals surface area contributed by atoms with Crippen molar-refractivity contribution in [2.24, 2.45) is 5.73 Å². The van der Waals surface area contributed by atoms with Gasteiger partial charge in [0.25, 0.3) is 0 Å². The van der Waals surface area contributed by atoms with Crippen LogP contribution in [-0.4, -0.2) is 29.1 Å². The van der Waals surface area contributed by atoms with E-state index in [0.29, 0.717) is 11.8 Å². The van der Waals surface area contributed by atoms with E-state index in [1.54, 1.807) is 6.07 Å². The van der Waals surface area contributed by atoms with Crippen LogP contribution in [0.15, 0.2) is 24.3 Å². The molecule has 0 aliphatic heterocycles. The number of nitrogens with two attached hydrogens (primary N) is 1. The molecule has 0 fully saturated rings. The molecule has 0 atom stereocenters. The third-order valence-corrected chi connectivity index (χ3v) is 2.68. The molecular formula is C13H22N2O. The number of aromatic hydroxyl groups is 1. The second kappa shape index (κ2) is 6.51. The Morgan fingerprint density at radius 3 is 2.69 bits per heavy atom. The van der Waals surface area contributed by atoms with Gasteiger partial charge in [-0.15, -0.1) is 0 Å². The molecule has 0 bridgehead atoms. The Labute approximate surface area is 97.9 Å². The average Bonchev–Trinajstić information content (AvgIpc) is 2.24. The van der Waals surface area contributed by atoms with E-state index >= 15 is 0 Å². The van der Waals surface area contributed by atoms with Gasteiger partial charge in [0.05, 0.1) is 0 Å². The van der Waals surface area contributed by atoms with E-state index in [0.717, 1.165) is 31.6 Å². The number of hydrogen-bond donors (Lipinski definition) is 2. The second-order valence-electron chi connectivity index (χ2n) is 4.38. The van der Waals surface area contributed by atoms with Crippen molar-refractivity contribution >= 4 is 0 Å². The van der Waals surface area contributed by atoms with Gasteiger partial charge in [-0.05, 0) is 51.1 Å². The Morgan fingerprint density at radius 1 is 1.38 bits per heavy atom. The zero-order chi connectivity index (χ0) is 12.0. The van der Waals surface area contributed by atoms with E-state index in [1.165, 1.54) is 0 Å². The third kappa shape index (κ3) is 4.21. The van der Waals surface area contributed by atoms with Crippen molar-refractivity contribution in [3.05, 3.63) is 29.8 Å². The number of phenols is 1. The molecule has 0 heterocycles. The fourth-order valence-electron chi connectivity index (χ4n) is 1.70. The first-order chi connectivity index (χ1) is 7.63. The Hall–Kier alpha value is -1.06. The molecule has 1 aromatic rings. The van der Waals surface area contributed by atoms with Gasteiger partial charge in [0.2, 0.25) is 0 Å². The number of hydrogen-bond acceptors (Lipinski definition) is 3. The smallest absolute Gasteiger partial charge is 0.115 e. The summed E-state index contributed by atoms with van der Waals surface area (Å²) in [6.07, 6.45) is 1.01. The molecule has 16 heavy (non-hydrogen) atoms. The summed E-state index contributed by atoms with van der Waals surface area (Å²) in [5.41, 5.74) is 6.67. The normalized spacial score (nSPS) is 11.3. The highest BCUT2D eigenvalue weighted by atomic mass is 16.3. The number of rotatable bonds is 6. The van der Waals surface area contributed by atoms with Crippen LogP contribution in [0, 0.1) is 0 Å². The van der Waals surface area contributed by atoms with Gasteiger partial charge in [-0.2, -0.15) is 0 Å². The molecule has 3 heteroatoms. The van der Waals surface area contributed by atoms with Crippen LogP contribution in [0.25, 0.3) is 0 Å². The van der Waals surface area contributed by atoms with Crippen molar-refractivity contribution in [2.75, 3.05) is 13.1 Å². The summed E-state index contributed by atoms with van der Waals surface area (Å²) >= 11 is 0. The molecule has 0 aliphatic carbocycles. The highest BCUT2D eigenvalue weighted by Crippen LogP contribution is 2.14. The fourth-order valence-corrected chi connectivity index (χ4v) is 1.70. The van der Waals surface area contributed by atoms with Crippen LogP contribution in [-0.2, 0) is 6.54 Å². The summed E-state index contributed by atoms with van der Waals surface area (Å²) in [7, 11) is 0. The molecular weight excluding hydrogens is 200 g/mol. The Morgan fingerprint density at radius 2 is 2.12 bits per heavy atom. The van der Waals surface area contributed by atoms with Crippen molar-refractivity contribution in [1.82, 2.24) is 4.90 Å². The van der Waals surface area contributed by atoms with Gasteiger partial charge in [0, 0.05) is 12.6 Å². The maximum atomic E-state index is 9.40. The van der Waals surface area contributed by atoms with Crippen LogP contribution in [0.2, 0.25) is 0 Å². The number of benzene rings is 1. The van der Waals surface area contributed by atoms with Crippen molar-refractivity contribution in [3.63, 3.8) is 0 Å². The maximum Gasteiger partial charge on any atom is 0.115 e. The lowest BCUT2D eigenvalue weighted by molar-refractivity contribution is 0.211. The minimum absolute atomic E-state index is 0.333. The molecule has 0 spiro atoms. The topological polar surface area (TPSA) is 49.5 Å². The van der Waals surface area contributed by atoms with E-state index in [1.807, 2.05) is 18.2 Å². The first kappa shape index (κ1) is 13.0. The highest BCUT2D eigenvalue weighted by Gasteiger charge is 2.09. The highest BCUT2D eigenvalue weighted by molar-refractivity contribution is 5.27. The third-order valence-electron chi connectivity index (χ3n) is 2.68. The number of nitrogens with zero attached hydrogens (tertiary/aromatic N) is 1. The van der Waals surface area contributed by atoms with Gasteiger partial charge in [-0.1, -0.05) is 12.1 Å². The van der Waals surface area contributed by atoms with E-state index in [2.05, 4.69) is 18.7 Å². The largest absolute Gasteiger partial charge is 0.508 e. The van der Waals surface area contributed by atoms with Crippen LogP contribution >= 0.6 is 0 Å².